The molecule has 0 N–H and O–H groups in total. The second kappa shape index (κ2) is 7.21. The fraction of sp³-hybridized carbons (Fsp3) is 0.368. The average molecular weight is 294 g/mol. The van der Waals surface area contributed by atoms with E-state index in [0.717, 1.165) is 32.4 Å². The number of hydrogen-bond donors (Lipinski definition) is 0. The van der Waals surface area contributed by atoms with E-state index in [4.69, 9.17) is 0 Å². The lowest BCUT2D eigenvalue weighted by atomic mass is 9.91. The Morgan fingerprint density at radius 3 is 2.82 bits per heavy atom. The van der Waals surface area contributed by atoms with Crippen molar-refractivity contribution in [1.29, 1.82) is 0 Å². The van der Waals surface area contributed by atoms with Gasteiger partial charge in [0.25, 0.3) is 5.91 Å². The summed E-state index contributed by atoms with van der Waals surface area (Å²) in [7, 11) is 0. The van der Waals surface area contributed by atoms with Crippen LogP contribution in [0.3, 0.4) is 0 Å². The van der Waals surface area contributed by atoms with Crippen molar-refractivity contribution >= 4 is 5.91 Å². The molecule has 114 valence electrons. The summed E-state index contributed by atoms with van der Waals surface area (Å²) >= 11 is 0. The van der Waals surface area contributed by atoms with Crippen LogP contribution < -0.4 is 0 Å². The van der Waals surface area contributed by atoms with E-state index in [9.17, 15) is 4.79 Å². The van der Waals surface area contributed by atoms with Crippen molar-refractivity contribution in [1.82, 2.24) is 9.88 Å². The van der Waals surface area contributed by atoms with Crippen molar-refractivity contribution in [3.8, 4) is 0 Å². The quantitative estimate of drug-likeness (QED) is 0.863. The van der Waals surface area contributed by atoms with Crippen molar-refractivity contribution in [2.75, 3.05) is 13.1 Å². The highest BCUT2D eigenvalue weighted by Gasteiger charge is 2.24. The van der Waals surface area contributed by atoms with E-state index in [2.05, 4.69) is 35.3 Å². The molecule has 1 fully saturated rings. The van der Waals surface area contributed by atoms with Crippen LogP contribution in [-0.4, -0.2) is 28.9 Å². The first kappa shape index (κ1) is 14.8. The number of amides is 1. The molecule has 0 saturated carbocycles. The van der Waals surface area contributed by atoms with E-state index in [-0.39, 0.29) is 5.91 Å². The van der Waals surface area contributed by atoms with Gasteiger partial charge < -0.3 is 4.90 Å². The monoisotopic (exact) mass is 294 g/mol. The average Bonchev–Trinajstić information content (AvgIpc) is 2.61. The third kappa shape index (κ3) is 3.73. The van der Waals surface area contributed by atoms with Crippen LogP contribution in [0.2, 0.25) is 0 Å². The molecule has 0 spiro atoms. The molecule has 0 radical (unpaired) electrons. The number of carbonyl (C=O) groups excluding carboxylic acids is 1. The zero-order valence-electron chi connectivity index (χ0n) is 12.8. The number of aromatic nitrogens is 1. The molecule has 1 atom stereocenters. The summed E-state index contributed by atoms with van der Waals surface area (Å²) in [5.41, 5.74) is 2.09. The highest BCUT2D eigenvalue weighted by Crippen LogP contribution is 2.22. The molecule has 1 amide bonds. The Balaban J connectivity index is 1.56. The molecule has 0 bridgehead atoms. The second-order valence-corrected chi connectivity index (χ2v) is 6.03. The first-order valence-corrected chi connectivity index (χ1v) is 8.06. The molecule has 1 aliphatic rings. The minimum atomic E-state index is 0.123. The molecule has 1 aliphatic heterocycles. The van der Waals surface area contributed by atoms with Gasteiger partial charge in [-0.1, -0.05) is 30.3 Å². The number of aryl methyl sites for hydroxylation is 1. The van der Waals surface area contributed by atoms with Gasteiger partial charge in [0.15, 0.2) is 0 Å². The van der Waals surface area contributed by atoms with E-state index in [0.29, 0.717) is 11.5 Å². The SMILES string of the molecule is O=C(c1cccnc1)N1CCC[C@@H](CCc2ccccc2)C1. The lowest BCUT2D eigenvalue weighted by Gasteiger charge is -2.33. The molecule has 3 heteroatoms. The summed E-state index contributed by atoms with van der Waals surface area (Å²) < 4.78 is 0. The lowest BCUT2D eigenvalue weighted by molar-refractivity contribution is 0.0668. The minimum absolute atomic E-state index is 0.123. The van der Waals surface area contributed by atoms with Gasteiger partial charge in [-0.3, -0.25) is 9.78 Å². The first-order valence-electron chi connectivity index (χ1n) is 8.06. The van der Waals surface area contributed by atoms with Crippen molar-refractivity contribution in [2.24, 2.45) is 5.92 Å². The normalized spacial score (nSPS) is 18.2. The van der Waals surface area contributed by atoms with Crippen LogP contribution in [0.4, 0.5) is 0 Å². The summed E-state index contributed by atoms with van der Waals surface area (Å²) in [6.45, 7) is 1.75. The van der Waals surface area contributed by atoms with Crippen molar-refractivity contribution in [2.45, 2.75) is 25.7 Å². The van der Waals surface area contributed by atoms with Crippen molar-refractivity contribution in [3.63, 3.8) is 0 Å². The van der Waals surface area contributed by atoms with Crippen LogP contribution in [-0.2, 0) is 6.42 Å². The predicted molar refractivity (Wildman–Crippen MR) is 87.6 cm³/mol. The van der Waals surface area contributed by atoms with E-state index in [1.165, 1.54) is 12.0 Å². The van der Waals surface area contributed by atoms with Crippen molar-refractivity contribution in [3.05, 3.63) is 66.0 Å². The lowest BCUT2D eigenvalue weighted by Crippen LogP contribution is -2.40. The molecule has 0 aliphatic carbocycles. The third-order valence-corrected chi connectivity index (χ3v) is 4.40. The van der Waals surface area contributed by atoms with Crippen LogP contribution in [0.25, 0.3) is 0 Å². The Morgan fingerprint density at radius 2 is 2.05 bits per heavy atom. The number of benzene rings is 1. The van der Waals surface area contributed by atoms with E-state index in [1.54, 1.807) is 12.4 Å². The molecular formula is C19H22N2O. The number of nitrogens with zero attached hydrogens (tertiary/aromatic N) is 2. The maximum Gasteiger partial charge on any atom is 0.255 e. The Kier molecular flexibility index (Phi) is 4.84. The molecule has 22 heavy (non-hydrogen) atoms. The Labute approximate surface area is 132 Å². The zero-order valence-corrected chi connectivity index (χ0v) is 12.8. The predicted octanol–water partition coefficient (Wildman–Crippen LogP) is 3.57. The number of piperidine rings is 1. The summed E-state index contributed by atoms with van der Waals surface area (Å²) in [6.07, 6.45) is 7.95. The number of pyridine rings is 1. The Hall–Kier alpha value is -2.16. The second-order valence-electron chi connectivity index (χ2n) is 6.03. The van der Waals surface area contributed by atoms with Gasteiger partial charge in [0.05, 0.1) is 5.56 Å². The number of carbonyl (C=O) groups is 1. The van der Waals surface area contributed by atoms with E-state index >= 15 is 0 Å². The Bertz CT molecular complexity index is 597. The maximum absolute atomic E-state index is 12.5. The van der Waals surface area contributed by atoms with E-state index in [1.807, 2.05) is 17.0 Å². The fourth-order valence-corrected chi connectivity index (χ4v) is 3.17. The highest BCUT2D eigenvalue weighted by molar-refractivity contribution is 5.93. The molecule has 3 rings (SSSR count). The molecule has 2 heterocycles. The minimum Gasteiger partial charge on any atom is -0.338 e. The van der Waals surface area contributed by atoms with Gasteiger partial charge in [-0.25, -0.2) is 0 Å². The van der Waals surface area contributed by atoms with Crippen molar-refractivity contribution < 1.29 is 4.79 Å². The Morgan fingerprint density at radius 1 is 1.18 bits per heavy atom. The number of rotatable bonds is 4. The largest absolute Gasteiger partial charge is 0.338 e. The highest BCUT2D eigenvalue weighted by atomic mass is 16.2. The van der Waals surface area contributed by atoms with Crippen LogP contribution in [0.1, 0.15) is 35.2 Å². The topological polar surface area (TPSA) is 33.2 Å². The zero-order chi connectivity index (χ0) is 15.2. The summed E-state index contributed by atoms with van der Waals surface area (Å²) in [5.74, 6) is 0.729. The number of hydrogen-bond acceptors (Lipinski definition) is 2. The molecule has 2 aromatic rings. The van der Waals surface area contributed by atoms with E-state index < -0.39 is 0 Å². The third-order valence-electron chi connectivity index (χ3n) is 4.40. The smallest absolute Gasteiger partial charge is 0.255 e. The summed E-state index contributed by atoms with van der Waals surface area (Å²) in [5, 5.41) is 0. The molecule has 1 aromatic carbocycles. The van der Waals surface area contributed by atoms with Gasteiger partial charge in [-0.05, 0) is 49.3 Å². The standard InChI is InChI=1S/C19H22N2O/c22-19(18-9-4-12-20-14-18)21-13-5-8-17(15-21)11-10-16-6-2-1-3-7-16/h1-4,6-7,9,12,14,17H,5,8,10-11,13,15H2/t17-/m0/s1. The fourth-order valence-electron chi connectivity index (χ4n) is 3.17. The maximum atomic E-state index is 12.5. The van der Waals surface area contributed by atoms with Gasteiger partial charge in [-0.2, -0.15) is 0 Å². The number of likely N-dealkylation sites (tertiary alicyclic amines) is 1. The molecule has 3 nitrogen and oxygen atoms in total. The first-order chi connectivity index (χ1) is 10.8. The molecular weight excluding hydrogens is 272 g/mol. The van der Waals surface area contributed by atoms with Gasteiger partial charge >= 0.3 is 0 Å². The summed E-state index contributed by atoms with van der Waals surface area (Å²) in [6, 6.07) is 14.3. The molecule has 1 aromatic heterocycles. The van der Waals surface area contributed by atoms with Crippen LogP contribution >= 0.6 is 0 Å². The van der Waals surface area contributed by atoms with Crippen LogP contribution in [0, 0.1) is 5.92 Å². The van der Waals surface area contributed by atoms with Gasteiger partial charge in [-0.15, -0.1) is 0 Å². The van der Waals surface area contributed by atoms with Crippen LogP contribution in [0.15, 0.2) is 54.9 Å². The van der Waals surface area contributed by atoms with Gasteiger partial charge in [0.2, 0.25) is 0 Å². The molecule has 1 saturated heterocycles. The summed E-state index contributed by atoms with van der Waals surface area (Å²) in [4.78, 5) is 18.5. The van der Waals surface area contributed by atoms with Gasteiger partial charge in [0.1, 0.15) is 0 Å². The van der Waals surface area contributed by atoms with Crippen LogP contribution in [0.5, 0.6) is 0 Å². The van der Waals surface area contributed by atoms with Gasteiger partial charge in [0, 0.05) is 25.5 Å². The molecule has 0 unspecified atom stereocenters.